The number of ether oxygens (including phenoxy) is 1. The van der Waals surface area contributed by atoms with Crippen LogP contribution in [0.3, 0.4) is 0 Å². The third-order valence-corrected chi connectivity index (χ3v) is 6.85. The van der Waals surface area contributed by atoms with Gasteiger partial charge in [-0.15, -0.1) is 11.8 Å². The fraction of sp³-hybridized carbons (Fsp3) is 0.214. The van der Waals surface area contributed by atoms with Crippen molar-refractivity contribution >= 4 is 35.1 Å². The van der Waals surface area contributed by atoms with Crippen LogP contribution in [-0.2, 0) is 22.4 Å². The lowest BCUT2D eigenvalue weighted by molar-refractivity contribution is -0.113. The van der Waals surface area contributed by atoms with Gasteiger partial charge in [-0.1, -0.05) is 30.3 Å². The molecule has 0 aromatic heterocycles. The van der Waals surface area contributed by atoms with Crippen LogP contribution >= 0.6 is 11.8 Å². The molecule has 0 radical (unpaired) electrons. The van der Waals surface area contributed by atoms with E-state index in [2.05, 4.69) is 5.32 Å². The Hall–Kier alpha value is -3.89. The van der Waals surface area contributed by atoms with E-state index in [1.807, 2.05) is 18.2 Å². The molecule has 7 heteroatoms. The molecule has 0 bridgehead atoms. The second kappa shape index (κ2) is 11.0. The first-order chi connectivity index (χ1) is 16.9. The molecule has 0 saturated carbocycles. The molecule has 176 valence electrons. The quantitative estimate of drug-likeness (QED) is 0.268. The predicted octanol–water partition coefficient (Wildman–Crippen LogP) is 5.21. The van der Waals surface area contributed by atoms with Gasteiger partial charge in [0.2, 0.25) is 11.7 Å². The molecule has 1 amide bonds. The summed E-state index contributed by atoms with van der Waals surface area (Å²) in [6, 6.07) is 21.2. The van der Waals surface area contributed by atoms with Crippen molar-refractivity contribution in [2.24, 2.45) is 0 Å². The number of ketones is 1. The summed E-state index contributed by atoms with van der Waals surface area (Å²) in [5, 5.41) is 11.7. The zero-order valence-corrected chi connectivity index (χ0v) is 20.1. The molecule has 1 aliphatic rings. The fourth-order valence-corrected chi connectivity index (χ4v) is 4.85. The summed E-state index contributed by atoms with van der Waals surface area (Å²) in [5.41, 5.74) is 4.29. The van der Waals surface area contributed by atoms with Gasteiger partial charge in [0.25, 0.3) is 0 Å². The summed E-state index contributed by atoms with van der Waals surface area (Å²) in [6.45, 7) is 1.58. The standard InChI is InChI=1S/C28H24N2O4S/c1-18(27(32)22-13-12-20-7-5-8-21(20)15-22)34-28(33)24-10-2-3-11-25(24)35-17-26(31)30-23-9-4-6-19(14-23)16-29/h2-4,6,9-15,18H,5,7-8,17H2,1H3,(H,30,31)/t18-/m0/s1. The van der Waals surface area contributed by atoms with Crippen LogP contribution < -0.4 is 5.32 Å². The lowest BCUT2D eigenvalue weighted by Gasteiger charge is -2.15. The number of amides is 1. The molecule has 3 aromatic rings. The average Bonchev–Trinajstić information content (AvgIpc) is 3.35. The molecular formula is C28H24N2O4S. The summed E-state index contributed by atoms with van der Waals surface area (Å²) in [5.74, 6) is -1.06. The molecule has 0 heterocycles. The molecule has 6 nitrogen and oxygen atoms in total. The highest BCUT2D eigenvalue weighted by Gasteiger charge is 2.23. The second-order valence-electron chi connectivity index (χ2n) is 8.27. The van der Waals surface area contributed by atoms with Gasteiger partial charge in [0.15, 0.2) is 6.10 Å². The van der Waals surface area contributed by atoms with Crippen molar-refractivity contribution in [2.45, 2.75) is 37.2 Å². The van der Waals surface area contributed by atoms with Crippen LogP contribution in [0.5, 0.6) is 0 Å². The van der Waals surface area contributed by atoms with E-state index in [0.717, 1.165) is 19.3 Å². The molecular weight excluding hydrogens is 460 g/mol. The SMILES string of the molecule is C[C@H](OC(=O)c1ccccc1SCC(=O)Nc1cccc(C#N)c1)C(=O)c1ccc2c(c1)CCC2. The molecule has 0 unspecified atom stereocenters. The van der Waals surface area contributed by atoms with E-state index in [-0.39, 0.29) is 17.4 Å². The van der Waals surface area contributed by atoms with Gasteiger partial charge in [0.05, 0.1) is 22.9 Å². The van der Waals surface area contributed by atoms with E-state index in [9.17, 15) is 14.4 Å². The minimum Gasteiger partial charge on any atom is -0.451 e. The van der Waals surface area contributed by atoms with Gasteiger partial charge in [-0.3, -0.25) is 9.59 Å². The molecule has 1 atom stereocenters. The van der Waals surface area contributed by atoms with Crippen molar-refractivity contribution in [3.8, 4) is 6.07 Å². The molecule has 0 aliphatic heterocycles. The molecule has 4 rings (SSSR count). The van der Waals surface area contributed by atoms with Gasteiger partial charge < -0.3 is 10.1 Å². The van der Waals surface area contributed by atoms with Gasteiger partial charge in [0, 0.05) is 16.1 Å². The summed E-state index contributed by atoms with van der Waals surface area (Å²) in [6.07, 6.45) is 2.16. The number of nitrogens with one attached hydrogen (secondary N) is 1. The van der Waals surface area contributed by atoms with Crippen molar-refractivity contribution in [1.82, 2.24) is 0 Å². The van der Waals surface area contributed by atoms with Crippen LogP contribution in [-0.4, -0.2) is 29.5 Å². The Bertz CT molecular complexity index is 1330. The lowest BCUT2D eigenvalue weighted by atomic mass is 10.0. The zero-order chi connectivity index (χ0) is 24.8. The predicted molar refractivity (Wildman–Crippen MR) is 135 cm³/mol. The number of rotatable bonds is 8. The minimum absolute atomic E-state index is 0.0602. The summed E-state index contributed by atoms with van der Waals surface area (Å²) < 4.78 is 5.51. The normalized spacial score (nSPS) is 12.8. The van der Waals surface area contributed by atoms with Crippen LogP contribution in [0.15, 0.2) is 71.6 Å². The Labute approximate surface area is 208 Å². The van der Waals surface area contributed by atoms with E-state index < -0.39 is 12.1 Å². The van der Waals surface area contributed by atoms with Crippen molar-refractivity contribution < 1.29 is 19.1 Å². The lowest BCUT2D eigenvalue weighted by Crippen LogP contribution is -2.25. The molecule has 0 saturated heterocycles. The highest BCUT2D eigenvalue weighted by Crippen LogP contribution is 2.26. The molecule has 1 N–H and O–H groups in total. The number of thioether (sulfide) groups is 1. The van der Waals surface area contributed by atoms with Crippen LogP contribution in [0.2, 0.25) is 0 Å². The largest absolute Gasteiger partial charge is 0.451 e. The molecule has 0 spiro atoms. The Balaban J connectivity index is 1.37. The van der Waals surface area contributed by atoms with Crippen molar-refractivity contribution in [2.75, 3.05) is 11.1 Å². The van der Waals surface area contributed by atoms with Crippen LogP contribution in [0.1, 0.15) is 50.8 Å². The van der Waals surface area contributed by atoms with Gasteiger partial charge in [-0.2, -0.15) is 5.26 Å². The highest BCUT2D eigenvalue weighted by atomic mass is 32.2. The maximum Gasteiger partial charge on any atom is 0.339 e. The maximum absolute atomic E-state index is 12.9. The van der Waals surface area contributed by atoms with Crippen LogP contribution in [0.25, 0.3) is 0 Å². The number of aryl methyl sites for hydroxylation is 2. The first kappa shape index (κ1) is 24.2. The molecule has 1 aliphatic carbocycles. The van der Waals surface area contributed by atoms with Gasteiger partial charge in [-0.25, -0.2) is 4.79 Å². The number of esters is 1. The zero-order valence-electron chi connectivity index (χ0n) is 19.2. The van der Waals surface area contributed by atoms with E-state index in [4.69, 9.17) is 10.00 Å². The van der Waals surface area contributed by atoms with E-state index in [1.165, 1.54) is 22.9 Å². The number of hydrogen-bond donors (Lipinski definition) is 1. The number of carbonyl (C=O) groups is 3. The number of benzene rings is 3. The van der Waals surface area contributed by atoms with Crippen LogP contribution in [0, 0.1) is 11.3 Å². The van der Waals surface area contributed by atoms with E-state index in [0.29, 0.717) is 27.3 Å². The Kier molecular flexibility index (Phi) is 7.64. The second-order valence-corrected chi connectivity index (χ2v) is 9.29. The van der Waals surface area contributed by atoms with Crippen molar-refractivity contribution in [3.63, 3.8) is 0 Å². The minimum atomic E-state index is -0.935. The first-order valence-electron chi connectivity index (χ1n) is 11.3. The maximum atomic E-state index is 12.9. The summed E-state index contributed by atoms with van der Waals surface area (Å²) in [7, 11) is 0. The third-order valence-electron chi connectivity index (χ3n) is 5.78. The van der Waals surface area contributed by atoms with Gasteiger partial charge in [0.1, 0.15) is 0 Å². The van der Waals surface area contributed by atoms with Crippen LogP contribution in [0.4, 0.5) is 5.69 Å². The first-order valence-corrected chi connectivity index (χ1v) is 12.3. The van der Waals surface area contributed by atoms with Gasteiger partial charge in [-0.05, 0) is 73.7 Å². The van der Waals surface area contributed by atoms with Gasteiger partial charge >= 0.3 is 5.97 Å². The Morgan fingerprint density at radius 3 is 2.66 bits per heavy atom. The Morgan fingerprint density at radius 2 is 1.83 bits per heavy atom. The number of anilines is 1. The average molecular weight is 485 g/mol. The number of Topliss-reactive ketones (excluding diaryl/α,β-unsaturated/α-hetero) is 1. The van der Waals surface area contributed by atoms with Crippen molar-refractivity contribution in [1.29, 1.82) is 5.26 Å². The molecule has 3 aromatic carbocycles. The summed E-state index contributed by atoms with van der Waals surface area (Å²) in [4.78, 5) is 38.7. The fourth-order valence-electron chi connectivity index (χ4n) is 4.01. The molecule has 35 heavy (non-hydrogen) atoms. The highest BCUT2D eigenvalue weighted by molar-refractivity contribution is 8.00. The monoisotopic (exact) mass is 484 g/mol. The summed E-state index contributed by atoms with van der Waals surface area (Å²) >= 11 is 1.20. The Morgan fingerprint density at radius 1 is 1.03 bits per heavy atom. The smallest absolute Gasteiger partial charge is 0.339 e. The number of nitrogens with zero attached hydrogens (tertiary/aromatic N) is 1. The third kappa shape index (κ3) is 5.97. The van der Waals surface area contributed by atoms with Crippen molar-refractivity contribution in [3.05, 3.63) is 94.5 Å². The topological polar surface area (TPSA) is 96.3 Å². The molecule has 0 fully saturated rings. The number of hydrogen-bond acceptors (Lipinski definition) is 6. The number of fused-ring (bicyclic) bond motifs is 1. The number of nitriles is 1. The van der Waals surface area contributed by atoms with E-state index >= 15 is 0 Å². The number of carbonyl (C=O) groups excluding carboxylic acids is 3. The van der Waals surface area contributed by atoms with E-state index in [1.54, 1.807) is 61.5 Å².